The number of unbranched alkanes of at least 4 members (excludes halogenated alkanes) is 8. The summed E-state index contributed by atoms with van der Waals surface area (Å²) in [4.78, 5) is 11.3. The topological polar surface area (TPSA) is 66.8 Å². The molecular formula is C15H31NaO4. The summed E-state index contributed by atoms with van der Waals surface area (Å²) < 4.78 is 4.82. The first kappa shape index (κ1) is 22.7. The van der Waals surface area contributed by atoms with Crippen molar-refractivity contribution in [1.82, 2.24) is 0 Å². The third-order valence-corrected chi connectivity index (χ3v) is 3.13. The van der Waals surface area contributed by atoms with E-state index in [1.54, 1.807) is 0 Å². The van der Waals surface area contributed by atoms with Crippen LogP contribution in [0.25, 0.3) is 0 Å². The molecule has 4 nitrogen and oxygen atoms in total. The Morgan fingerprint density at radius 3 is 2.00 bits per heavy atom. The molecule has 0 aliphatic rings. The van der Waals surface area contributed by atoms with Gasteiger partial charge in [-0.15, -0.1) is 0 Å². The van der Waals surface area contributed by atoms with Crippen molar-refractivity contribution in [1.29, 1.82) is 0 Å². The van der Waals surface area contributed by atoms with Gasteiger partial charge in [-0.3, -0.25) is 4.79 Å². The van der Waals surface area contributed by atoms with Gasteiger partial charge < -0.3 is 14.9 Å². The number of carbonyl (C=O) groups excluding carboxylic acids is 1. The molecule has 0 fully saturated rings. The van der Waals surface area contributed by atoms with Crippen molar-refractivity contribution in [3.8, 4) is 0 Å². The van der Waals surface area contributed by atoms with Crippen LogP contribution in [-0.2, 0) is 9.53 Å². The van der Waals surface area contributed by atoms with Crippen LogP contribution in [-0.4, -0.2) is 65.1 Å². The monoisotopic (exact) mass is 298 g/mol. The number of ether oxygens (including phenoxy) is 1. The fourth-order valence-corrected chi connectivity index (χ4v) is 1.89. The number of rotatable bonds is 13. The summed E-state index contributed by atoms with van der Waals surface area (Å²) >= 11 is 0. The Morgan fingerprint density at radius 1 is 1.00 bits per heavy atom. The summed E-state index contributed by atoms with van der Waals surface area (Å²) in [7, 11) is 0. The first-order chi connectivity index (χ1) is 9.20. The van der Waals surface area contributed by atoms with Crippen LogP contribution in [0.5, 0.6) is 0 Å². The van der Waals surface area contributed by atoms with Gasteiger partial charge in [0.2, 0.25) is 0 Å². The van der Waals surface area contributed by atoms with Crippen molar-refractivity contribution < 1.29 is 19.7 Å². The normalized spacial score (nSPS) is 11.8. The van der Waals surface area contributed by atoms with Crippen LogP contribution < -0.4 is 0 Å². The van der Waals surface area contributed by atoms with Crippen LogP contribution in [0.3, 0.4) is 0 Å². The average Bonchev–Trinajstić information content (AvgIpc) is 2.42. The molecule has 0 aliphatic carbocycles. The Kier molecular flexibility index (Phi) is 19.8. The standard InChI is InChI=1S/C15H30O4.Na.H/c1-2-3-4-5-6-7-8-9-10-11-15(18)19-13-14(17)12-16;;/h14,16-17H,2-13H2,1H3;;. The van der Waals surface area contributed by atoms with E-state index in [0.29, 0.717) is 6.42 Å². The van der Waals surface area contributed by atoms with Gasteiger partial charge in [0, 0.05) is 6.42 Å². The van der Waals surface area contributed by atoms with Gasteiger partial charge in [-0.1, -0.05) is 58.3 Å². The molecule has 1 unspecified atom stereocenters. The molecule has 0 rings (SSSR count). The Balaban J connectivity index is 0. The summed E-state index contributed by atoms with van der Waals surface area (Å²) in [6.07, 6.45) is 10.4. The minimum absolute atomic E-state index is 0. The molecule has 5 heteroatoms. The van der Waals surface area contributed by atoms with E-state index in [2.05, 4.69) is 6.92 Å². The fraction of sp³-hybridized carbons (Fsp3) is 0.933. The summed E-state index contributed by atoms with van der Waals surface area (Å²) in [6.45, 7) is 1.75. The molecule has 0 saturated heterocycles. The van der Waals surface area contributed by atoms with Gasteiger partial charge in [0.25, 0.3) is 0 Å². The third kappa shape index (κ3) is 16.4. The summed E-state index contributed by atoms with van der Waals surface area (Å²) in [5, 5.41) is 17.6. The van der Waals surface area contributed by atoms with Gasteiger partial charge in [-0.2, -0.15) is 0 Å². The van der Waals surface area contributed by atoms with Gasteiger partial charge in [-0.25, -0.2) is 0 Å². The molecule has 0 radical (unpaired) electrons. The van der Waals surface area contributed by atoms with Crippen LogP contribution >= 0.6 is 0 Å². The van der Waals surface area contributed by atoms with E-state index in [0.717, 1.165) is 12.8 Å². The van der Waals surface area contributed by atoms with Crippen molar-refractivity contribution in [2.45, 2.75) is 77.2 Å². The third-order valence-electron chi connectivity index (χ3n) is 3.13. The predicted octanol–water partition coefficient (Wildman–Crippen LogP) is 2.16. The zero-order chi connectivity index (χ0) is 14.3. The first-order valence-corrected chi connectivity index (χ1v) is 7.65. The second-order valence-electron chi connectivity index (χ2n) is 5.10. The predicted molar refractivity (Wildman–Crippen MR) is 83.0 cm³/mol. The maximum absolute atomic E-state index is 11.3. The van der Waals surface area contributed by atoms with E-state index in [9.17, 15) is 4.79 Å². The quantitative estimate of drug-likeness (QED) is 0.311. The Labute approximate surface area is 145 Å². The van der Waals surface area contributed by atoms with E-state index >= 15 is 0 Å². The van der Waals surface area contributed by atoms with Crippen molar-refractivity contribution in [3.63, 3.8) is 0 Å². The minimum atomic E-state index is -0.952. The zero-order valence-corrected chi connectivity index (χ0v) is 12.3. The molecule has 0 bridgehead atoms. The number of esters is 1. The number of aliphatic hydroxyl groups excluding tert-OH is 2. The SMILES string of the molecule is CCCCCCCCCCCC(=O)OCC(O)CO.[NaH]. The van der Waals surface area contributed by atoms with Crippen LogP contribution in [0.4, 0.5) is 0 Å². The molecule has 0 aromatic carbocycles. The first-order valence-electron chi connectivity index (χ1n) is 7.65. The van der Waals surface area contributed by atoms with Gasteiger partial charge in [0.15, 0.2) is 0 Å². The Hall–Kier alpha value is 0.390. The molecule has 116 valence electrons. The van der Waals surface area contributed by atoms with Gasteiger partial charge in [0.05, 0.1) is 6.61 Å². The summed E-state index contributed by atoms with van der Waals surface area (Å²) in [5.74, 6) is -0.282. The molecule has 2 N–H and O–H groups in total. The number of aliphatic hydroxyl groups is 2. The number of hydrogen-bond donors (Lipinski definition) is 2. The van der Waals surface area contributed by atoms with Gasteiger partial charge >= 0.3 is 35.5 Å². The van der Waals surface area contributed by atoms with Crippen LogP contribution in [0.1, 0.15) is 71.1 Å². The van der Waals surface area contributed by atoms with Gasteiger partial charge in [-0.05, 0) is 6.42 Å². The number of hydrogen-bond acceptors (Lipinski definition) is 4. The second-order valence-corrected chi connectivity index (χ2v) is 5.10. The maximum atomic E-state index is 11.3. The molecular weight excluding hydrogens is 267 g/mol. The van der Waals surface area contributed by atoms with E-state index in [-0.39, 0.29) is 48.7 Å². The average molecular weight is 298 g/mol. The molecule has 0 aromatic heterocycles. The van der Waals surface area contributed by atoms with Gasteiger partial charge in [0.1, 0.15) is 12.7 Å². The molecule has 20 heavy (non-hydrogen) atoms. The van der Waals surface area contributed by atoms with Crippen LogP contribution in [0, 0.1) is 0 Å². The zero-order valence-electron chi connectivity index (χ0n) is 12.3. The molecule has 0 aromatic rings. The Bertz CT molecular complexity index is 212. The van der Waals surface area contributed by atoms with Crippen molar-refractivity contribution >= 4 is 35.5 Å². The van der Waals surface area contributed by atoms with Crippen LogP contribution in [0.2, 0.25) is 0 Å². The van der Waals surface area contributed by atoms with Crippen molar-refractivity contribution in [2.75, 3.05) is 13.2 Å². The fourth-order valence-electron chi connectivity index (χ4n) is 1.89. The molecule has 0 saturated carbocycles. The van der Waals surface area contributed by atoms with Crippen molar-refractivity contribution in [3.05, 3.63) is 0 Å². The molecule has 0 amide bonds. The van der Waals surface area contributed by atoms with E-state index in [4.69, 9.17) is 14.9 Å². The summed E-state index contributed by atoms with van der Waals surface area (Å²) in [6, 6.07) is 0. The second kappa shape index (κ2) is 17.4. The number of carbonyl (C=O) groups is 1. The van der Waals surface area contributed by atoms with E-state index < -0.39 is 6.10 Å². The molecule has 0 spiro atoms. The van der Waals surface area contributed by atoms with Crippen molar-refractivity contribution in [2.24, 2.45) is 0 Å². The van der Waals surface area contributed by atoms with E-state index in [1.165, 1.54) is 44.9 Å². The molecule has 1 atom stereocenters. The molecule has 0 heterocycles. The summed E-state index contributed by atoms with van der Waals surface area (Å²) in [5.41, 5.74) is 0. The van der Waals surface area contributed by atoms with E-state index in [1.807, 2.05) is 0 Å². The molecule has 0 aliphatic heterocycles. The van der Waals surface area contributed by atoms with Crippen LogP contribution in [0.15, 0.2) is 0 Å². The Morgan fingerprint density at radius 2 is 1.50 bits per heavy atom.